The van der Waals surface area contributed by atoms with Crippen LogP contribution < -0.4 is 5.73 Å². The van der Waals surface area contributed by atoms with Crippen LogP contribution in [0, 0.1) is 12.7 Å². The lowest BCUT2D eigenvalue weighted by Crippen LogP contribution is -2.30. The van der Waals surface area contributed by atoms with Crippen LogP contribution in [-0.2, 0) is 0 Å². The smallest absolute Gasteiger partial charge is 0.244 e. The Bertz CT molecular complexity index is 927. The molecule has 1 aliphatic rings. The Morgan fingerprint density at radius 2 is 1.96 bits per heavy atom. The van der Waals surface area contributed by atoms with Crippen molar-refractivity contribution in [2.24, 2.45) is 5.73 Å². The van der Waals surface area contributed by atoms with E-state index in [9.17, 15) is 4.39 Å². The third-order valence-electron chi connectivity index (χ3n) is 5.38. The fourth-order valence-corrected chi connectivity index (χ4v) is 3.69. The zero-order chi connectivity index (χ0) is 19.0. The van der Waals surface area contributed by atoms with Gasteiger partial charge in [-0.05, 0) is 43.2 Å². The highest BCUT2D eigenvalue weighted by Crippen LogP contribution is 2.32. The van der Waals surface area contributed by atoms with Gasteiger partial charge in [0.15, 0.2) is 0 Å². The van der Waals surface area contributed by atoms with E-state index in [4.69, 9.17) is 10.3 Å². The van der Waals surface area contributed by atoms with Crippen LogP contribution in [0.5, 0.6) is 0 Å². The molecule has 2 N–H and O–H groups in total. The van der Waals surface area contributed by atoms with Crippen molar-refractivity contribution in [3.05, 3.63) is 71.4 Å². The molecule has 0 spiro atoms. The SMILES string of the molecule is Cc1cc(-c2noc(C(C)N3C[C@@H](N)[C@H](c4ccccc4)C3)n2)ccc1F. The van der Waals surface area contributed by atoms with Crippen LogP contribution in [0.3, 0.4) is 0 Å². The molecule has 27 heavy (non-hydrogen) atoms. The van der Waals surface area contributed by atoms with Gasteiger partial charge in [0.25, 0.3) is 0 Å². The van der Waals surface area contributed by atoms with Crippen molar-refractivity contribution in [3.63, 3.8) is 0 Å². The minimum absolute atomic E-state index is 0.0347. The lowest BCUT2D eigenvalue weighted by molar-refractivity contribution is 0.206. The van der Waals surface area contributed by atoms with E-state index >= 15 is 0 Å². The molecule has 0 saturated carbocycles. The zero-order valence-electron chi connectivity index (χ0n) is 15.5. The molecule has 4 rings (SSSR count). The van der Waals surface area contributed by atoms with Gasteiger partial charge in [0.2, 0.25) is 11.7 Å². The van der Waals surface area contributed by atoms with Crippen LogP contribution in [0.4, 0.5) is 4.39 Å². The molecule has 1 aromatic heterocycles. The number of aromatic nitrogens is 2. The molecule has 0 aliphatic carbocycles. The van der Waals surface area contributed by atoms with Crippen molar-refractivity contribution in [2.75, 3.05) is 13.1 Å². The van der Waals surface area contributed by atoms with Gasteiger partial charge in [0.1, 0.15) is 5.82 Å². The molecule has 6 heteroatoms. The Balaban J connectivity index is 1.51. The summed E-state index contributed by atoms with van der Waals surface area (Å²) in [6.07, 6.45) is 0. The van der Waals surface area contributed by atoms with Crippen LogP contribution in [0.1, 0.15) is 35.9 Å². The van der Waals surface area contributed by atoms with Gasteiger partial charge in [-0.1, -0.05) is 35.5 Å². The maximum atomic E-state index is 13.5. The molecule has 0 amide bonds. The number of aryl methyl sites for hydroxylation is 1. The number of hydrogen-bond donors (Lipinski definition) is 1. The molecule has 1 unspecified atom stereocenters. The summed E-state index contributed by atoms with van der Waals surface area (Å²) in [6, 6.07) is 15.2. The summed E-state index contributed by atoms with van der Waals surface area (Å²) in [5.41, 5.74) is 8.96. The third-order valence-corrected chi connectivity index (χ3v) is 5.38. The molecule has 2 aromatic carbocycles. The fraction of sp³-hybridized carbons (Fsp3) is 0.333. The van der Waals surface area contributed by atoms with E-state index in [-0.39, 0.29) is 23.8 Å². The van der Waals surface area contributed by atoms with Crippen LogP contribution in [0.15, 0.2) is 53.1 Å². The van der Waals surface area contributed by atoms with E-state index in [0.29, 0.717) is 17.3 Å². The number of hydrogen-bond acceptors (Lipinski definition) is 5. The maximum absolute atomic E-state index is 13.5. The largest absolute Gasteiger partial charge is 0.337 e. The van der Waals surface area contributed by atoms with Crippen LogP contribution in [-0.4, -0.2) is 34.2 Å². The number of nitrogens with two attached hydrogens (primary N) is 1. The summed E-state index contributed by atoms with van der Waals surface area (Å²) < 4.78 is 19.0. The second kappa shape index (κ2) is 7.21. The third kappa shape index (κ3) is 3.50. The highest BCUT2D eigenvalue weighted by molar-refractivity contribution is 5.55. The standard InChI is InChI=1S/C21H23FN4O/c1-13-10-16(8-9-18(13)22)20-24-21(27-25-20)14(2)26-11-17(19(23)12-26)15-6-4-3-5-7-15/h3-10,14,17,19H,11-12,23H2,1-2H3/t14?,17-,19+/m0/s1. The van der Waals surface area contributed by atoms with E-state index in [0.717, 1.165) is 18.7 Å². The van der Waals surface area contributed by atoms with E-state index in [2.05, 4.69) is 27.2 Å². The van der Waals surface area contributed by atoms with Crippen LogP contribution in [0.25, 0.3) is 11.4 Å². The molecular weight excluding hydrogens is 343 g/mol. The molecule has 0 bridgehead atoms. The average Bonchev–Trinajstić information content (AvgIpc) is 3.31. The molecular formula is C21H23FN4O. The second-order valence-electron chi connectivity index (χ2n) is 7.23. The van der Waals surface area contributed by atoms with Gasteiger partial charge in [-0.15, -0.1) is 0 Å². The summed E-state index contributed by atoms with van der Waals surface area (Å²) in [7, 11) is 0. The predicted molar refractivity (Wildman–Crippen MR) is 102 cm³/mol. The molecule has 5 nitrogen and oxygen atoms in total. The minimum Gasteiger partial charge on any atom is -0.337 e. The van der Waals surface area contributed by atoms with Gasteiger partial charge < -0.3 is 10.3 Å². The summed E-state index contributed by atoms with van der Waals surface area (Å²) in [5, 5.41) is 4.08. The monoisotopic (exact) mass is 366 g/mol. The van der Waals surface area contributed by atoms with Crippen molar-refractivity contribution < 1.29 is 8.91 Å². The topological polar surface area (TPSA) is 68.2 Å². The van der Waals surface area contributed by atoms with Crippen molar-refractivity contribution in [3.8, 4) is 11.4 Å². The van der Waals surface area contributed by atoms with Crippen molar-refractivity contribution in [2.45, 2.75) is 31.8 Å². The van der Waals surface area contributed by atoms with Gasteiger partial charge in [-0.3, -0.25) is 4.90 Å². The molecule has 1 fully saturated rings. The number of rotatable bonds is 4. The molecule has 1 aliphatic heterocycles. The first-order chi connectivity index (χ1) is 13.0. The lowest BCUT2D eigenvalue weighted by Gasteiger charge is -2.20. The Hall–Kier alpha value is -2.57. The Morgan fingerprint density at radius 3 is 2.70 bits per heavy atom. The number of halogens is 1. The van der Waals surface area contributed by atoms with Crippen molar-refractivity contribution in [1.82, 2.24) is 15.0 Å². The highest BCUT2D eigenvalue weighted by Gasteiger charge is 2.35. The summed E-state index contributed by atoms with van der Waals surface area (Å²) in [4.78, 5) is 6.81. The maximum Gasteiger partial charge on any atom is 0.244 e. The van der Waals surface area contributed by atoms with Gasteiger partial charge in [-0.25, -0.2) is 4.39 Å². The molecule has 3 aromatic rings. The molecule has 0 radical (unpaired) electrons. The molecule has 1 saturated heterocycles. The predicted octanol–water partition coefficient (Wildman–Crippen LogP) is 3.67. The highest BCUT2D eigenvalue weighted by atomic mass is 19.1. The molecule has 140 valence electrons. The van der Waals surface area contributed by atoms with Gasteiger partial charge in [-0.2, -0.15) is 4.98 Å². The normalized spacial score (nSPS) is 21.5. The van der Waals surface area contributed by atoms with Gasteiger partial charge in [0.05, 0.1) is 6.04 Å². The Kier molecular flexibility index (Phi) is 4.76. The van der Waals surface area contributed by atoms with Crippen LogP contribution in [0.2, 0.25) is 0 Å². The van der Waals surface area contributed by atoms with Gasteiger partial charge >= 0.3 is 0 Å². The minimum atomic E-state index is -0.242. The Morgan fingerprint density at radius 1 is 1.19 bits per heavy atom. The fourth-order valence-electron chi connectivity index (χ4n) is 3.69. The number of nitrogens with zero attached hydrogens (tertiary/aromatic N) is 3. The van der Waals surface area contributed by atoms with E-state index in [1.807, 2.05) is 25.1 Å². The molecule has 3 atom stereocenters. The van der Waals surface area contributed by atoms with Crippen LogP contribution >= 0.6 is 0 Å². The molecule has 2 heterocycles. The first kappa shape index (κ1) is 17.8. The second-order valence-corrected chi connectivity index (χ2v) is 7.23. The zero-order valence-corrected chi connectivity index (χ0v) is 15.5. The van der Waals surface area contributed by atoms with Crippen molar-refractivity contribution in [1.29, 1.82) is 0 Å². The average molecular weight is 366 g/mol. The van der Waals surface area contributed by atoms with E-state index in [1.165, 1.54) is 11.6 Å². The summed E-state index contributed by atoms with van der Waals surface area (Å²) in [6.45, 7) is 5.39. The van der Waals surface area contributed by atoms with E-state index < -0.39 is 0 Å². The number of benzene rings is 2. The lowest BCUT2D eigenvalue weighted by atomic mass is 9.95. The summed E-state index contributed by atoms with van der Waals surface area (Å²) in [5.74, 6) is 1.07. The summed E-state index contributed by atoms with van der Waals surface area (Å²) >= 11 is 0. The first-order valence-corrected chi connectivity index (χ1v) is 9.17. The van der Waals surface area contributed by atoms with Gasteiger partial charge in [0, 0.05) is 30.6 Å². The number of likely N-dealkylation sites (tertiary alicyclic amines) is 1. The van der Waals surface area contributed by atoms with Crippen molar-refractivity contribution >= 4 is 0 Å². The first-order valence-electron chi connectivity index (χ1n) is 9.17. The quantitative estimate of drug-likeness (QED) is 0.763. The van der Waals surface area contributed by atoms with E-state index in [1.54, 1.807) is 19.1 Å². The Labute approximate surface area is 158 Å².